The number of halogens is 1. The Kier molecular flexibility index (Phi) is 5.42. The van der Waals surface area contributed by atoms with E-state index in [0.717, 1.165) is 28.6 Å². The summed E-state index contributed by atoms with van der Waals surface area (Å²) in [5.41, 5.74) is 7.92. The van der Waals surface area contributed by atoms with Crippen molar-refractivity contribution in [3.63, 3.8) is 0 Å². The summed E-state index contributed by atoms with van der Waals surface area (Å²) in [6, 6.07) is 7.38. The van der Waals surface area contributed by atoms with Crippen LogP contribution in [-0.2, 0) is 9.53 Å². The number of rotatable bonds is 4. The lowest BCUT2D eigenvalue weighted by molar-refractivity contribution is -0.119. The van der Waals surface area contributed by atoms with Gasteiger partial charge in [0.15, 0.2) is 5.13 Å². The Balaban J connectivity index is 1.65. The lowest BCUT2D eigenvalue weighted by atomic mass is 9.92. The molecular weight excluding hydrogens is 378 g/mol. The average molecular weight is 396 g/mol. The highest BCUT2D eigenvalue weighted by Crippen LogP contribution is 2.27. The molecule has 0 aliphatic carbocycles. The molecule has 1 aromatic carbocycles. The predicted octanol–water partition coefficient (Wildman–Crippen LogP) is 3.27. The number of anilines is 1. The summed E-state index contributed by atoms with van der Waals surface area (Å²) >= 11 is 4.85. The summed E-state index contributed by atoms with van der Waals surface area (Å²) in [6.07, 6.45) is 1.66. The molecule has 23 heavy (non-hydrogen) atoms. The molecule has 3 N–H and O–H groups in total. The van der Waals surface area contributed by atoms with Crippen LogP contribution in [0.15, 0.2) is 34.1 Å². The Morgan fingerprint density at radius 3 is 2.96 bits per heavy atom. The number of aromatic nitrogens is 1. The van der Waals surface area contributed by atoms with E-state index >= 15 is 0 Å². The second-order valence-corrected chi connectivity index (χ2v) is 7.29. The highest BCUT2D eigenvalue weighted by atomic mass is 79.9. The number of carbonyl (C=O) groups excluding carboxylic acids is 1. The lowest BCUT2D eigenvalue weighted by Crippen LogP contribution is -2.43. The fourth-order valence-corrected chi connectivity index (χ4v) is 3.71. The zero-order valence-corrected chi connectivity index (χ0v) is 14.9. The first-order chi connectivity index (χ1) is 11.1. The van der Waals surface area contributed by atoms with Crippen LogP contribution < -0.4 is 11.1 Å². The molecule has 1 saturated heterocycles. The van der Waals surface area contributed by atoms with E-state index in [0.29, 0.717) is 18.3 Å². The van der Waals surface area contributed by atoms with Gasteiger partial charge in [-0.3, -0.25) is 4.79 Å². The van der Waals surface area contributed by atoms with Gasteiger partial charge in [-0.2, -0.15) is 0 Å². The molecule has 2 aromatic rings. The number of nitrogens with zero attached hydrogens (tertiary/aromatic N) is 1. The zero-order chi connectivity index (χ0) is 16.2. The molecule has 1 amide bonds. The quantitative estimate of drug-likeness (QED) is 0.832. The van der Waals surface area contributed by atoms with Crippen LogP contribution in [-0.4, -0.2) is 30.1 Å². The second-order valence-electron chi connectivity index (χ2n) is 5.51. The van der Waals surface area contributed by atoms with Crippen molar-refractivity contribution in [2.24, 2.45) is 11.7 Å². The molecule has 1 unspecified atom stereocenters. The zero-order valence-electron chi connectivity index (χ0n) is 12.5. The summed E-state index contributed by atoms with van der Waals surface area (Å²) < 4.78 is 6.30. The van der Waals surface area contributed by atoms with Crippen molar-refractivity contribution in [3.05, 3.63) is 34.1 Å². The molecule has 1 aromatic heterocycles. The number of ether oxygens (including phenoxy) is 1. The highest BCUT2D eigenvalue weighted by Gasteiger charge is 2.27. The lowest BCUT2D eigenvalue weighted by Gasteiger charge is -2.26. The molecule has 122 valence electrons. The van der Waals surface area contributed by atoms with Crippen molar-refractivity contribution in [3.8, 4) is 11.3 Å². The molecule has 5 nitrogen and oxygen atoms in total. The minimum atomic E-state index is -0.517. The van der Waals surface area contributed by atoms with Gasteiger partial charge in [0.25, 0.3) is 0 Å². The molecular formula is C16H18BrN3O2S. The molecule has 1 aliphatic rings. The van der Waals surface area contributed by atoms with Crippen LogP contribution in [0.5, 0.6) is 0 Å². The smallest absolute Gasteiger partial charge is 0.243 e. The summed E-state index contributed by atoms with van der Waals surface area (Å²) in [4.78, 5) is 16.8. The number of nitrogens with one attached hydrogen (secondary N) is 1. The number of amides is 1. The van der Waals surface area contributed by atoms with Gasteiger partial charge in [0.05, 0.1) is 11.7 Å². The van der Waals surface area contributed by atoms with E-state index in [1.807, 2.05) is 29.6 Å². The Morgan fingerprint density at radius 1 is 1.43 bits per heavy atom. The Labute approximate surface area is 147 Å². The van der Waals surface area contributed by atoms with Gasteiger partial charge in [-0.1, -0.05) is 28.1 Å². The standard InChI is InChI=1S/C16H18BrN3O2S/c17-12-3-1-2-11(8-12)13-9-23-16(19-13)20-15(21)14(18)10-4-6-22-7-5-10/h1-3,8-10,14H,4-7,18H2,(H,19,20,21). The molecule has 0 bridgehead atoms. The molecule has 3 rings (SSSR count). The van der Waals surface area contributed by atoms with E-state index in [-0.39, 0.29) is 11.8 Å². The second kappa shape index (κ2) is 7.53. The van der Waals surface area contributed by atoms with Crippen molar-refractivity contribution in [2.75, 3.05) is 18.5 Å². The normalized spacial score (nSPS) is 17.0. The fourth-order valence-electron chi connectivity index (χ4n) is 2.59. The topological polar surface area (TPSA) is 77.2 Å². The van der Waals surface area contributed by atoms with E-state index in [4.69, 9.17) is 10.5 Å². The van der Waals surface area contributed by atoms with Crippen LogP contribution in [0, 0.1) is 5.92 Å². The van der Waals surface area contributed by atoms with Crippen molar-refractivity contribution in [1.29, 1.82) is 0 Å². The van der Waals surface area contributed by atoms with E-state index in [1.165, 1.54) is 11.3 Å². The summed E-state index contributed by atoms with van der Waals surface area (Å²) in [7, 11) is 0. The van der Waals surface area contributed by atoms with Crippen molar-refractivity contribution in [2.45, 2.75) is 18.9 Å². The molecule has 1 atom stereocenters. The number of benzene rings is 1. The van der Waals surface area contributed by atoms with Gasteiger partial charge in [-0.15, -0.1) is 11.3 Å². The van der Waals surface area contributed by atoms with Gasteiger partial charge in [0.1, 0.15) is 0 Å². The molecule has 0 radical (unpaired) electrons. The average Bonchev–Trinajstić information content (AvgIpc) is 3.03. The van der Waals surface area contributed by atoms with Gasteiger partial charge in [-0.25, -0.2) is 4.98 Å². The van der Waals surface area contributed by atoms with Crippen LogP contribution in [0.1, 0.15) is 12.8 Å². The van der Waals surface area contributed by atoms with Crippen LogP contribution in [0.4, 0.5) is 5.13 Å². The Bertz CT molecular complexity index is 685. The van der Waals surface area contributed by atoms with E-state index in [2.05, 4.69) is 26.2 Å². The number of nitrogens with two attached hydrogens (primary N) is 1. The number of hydrogen-bond donors (Lipinski definition) is 2. The van der Waals surface area contributed by atoms with E-state index in [9.17, 15) is 4.79 Å². The first kappa shape index (κ1) is 16.6. The van der Waals surface area contributed by atoms with Crippen molar-refractivity contribution in [1.82, 2.24) is 4.98 Å². The molecule has 1 aliphatic heterocycles. The monoisotopic (exact) mass is 395 g/mol. The third kappa shape index (κ3) is 4.17. The Morgan fingerprint density at radius 2 is 2.22 bits per heavy atom. The van der Waals surface area contributed by atoms with Crippen LogP contribution in [0.2, 0.25) is 0 Å². The van der Waals surface area contributed by atoms with Gasteiger partial charge < -0.3 is 15.8 Å². The van der Waals surface area contributed by atoms with E-state index < -0.39 is 6.04 Å². The van der Waals surface area contributed by atoms with Crippen LogP contribution >= 0.6 is 27.3 Å². The third-order valence-corrected chi connectivity index (χ3v) is 5.18. The molecule has 0 saturated carbocycles. The first-order valence-corrected chi connectivity index (χ1v) is 9.16. The van der Waals surface area contributed by atoms with Gasteiger partial charge in [0.2, 0.25) is 5.91 Å². The largest absolute Gasteiger partial charge is 0.381 e. The summed E-state index contributed by atoms with van der Waals surface area (Å²) in [6.45, 7) is 1.35. The van der Waals surface area contributed by atoms with E-state index in [1.54, 1.807) is 0 Å². The first-order valence-electron chi connectivity index (χ1n) is 7.49. The molecule has 1 fully saturated rings. The molecule has 7 heteroatoms. The summed E-state index contributed by atoms with van der Waals surface area (Å²) in [5.74, 6) is 0.000281. The predicted molar refractivity (Wildman–Crippen MR) is 95.4 cm³/mol. The number of carbonyl (C=O) groups is 1. The minimum Gasteiger partial charge on any atom is -0.381 e. The summed E-state index contributed by atoms with van der Waals surface area (Å²) in [5, 5.41) is 5.34. The van der Waals surface area contributed by atoms with Crippen molar-refractivity contribution >= 4 is 38.3 Å². The maximum Gasteiger partial charge on any atom is 0.243 e. The molecule has 2 heterocycles. The van der Waals surface area contributed by atoms with Gasteiger partial charge >= 0.3 is 0 Å². The maximum atomic E-state index is 12.3. The van der Waals surface area contributed by atoms with Gasteiger partial charge in [0, 0.05) is 28.6 Å². The Hall–Kier alpha value is -1.28. The highest BCUT2D eigenvalue weighted by molar-refractivity contribution is 9.10. The van der Waals surface area contributed by atoms with Crippen molar-refractivity contribution < 1.29 is 9.53 Å². The van der Waals surface area contributed by atoms with Crippen LogP contribution in [0.3, 0.4) is 0 Å². The molecule has 0 spiro atoms. The van der Waals surface area contributed by atoms with Gasteiger partial charge in [-0.05, 0) is 30.9 Å². The fraction of sp³-hybridized carbons (Fsp3) is 0.375. The number of thiazole rings is 1. The van der Waals surface area contributed by atoms with Crippen LogP contribution in [0.25, 0.3) is 11.3 Å². The third-order valence-electron chi connectivity index (χ3n) is 3.93. The SMILES string of the molecule is NC(C(=O)Nc1nc(-c2cccc(Br)c2)cs1)C1CCOCC1. The maximum absolute atomic E-state index is 12.3. The minimum absolute atomic E-state index is 0.174. The number of hydrogen-bond acceptors (Lipinski definition) is 5.